The second-order valence-electron chi connectivity index (χ2n) is 9.85. The predicted octanol–water partition coefficient (Wildman–Crippen LogP) is 5.89. The van der Waals surface area contributed by atoms with Crippen molar-refractivity contribution >= 4 is 22.9 Å². The maximum absolute atomic E-state index is 13.6. The number of carbonyl (C=O) groups excluding carboxylic acids is 1. The molecule has 0 aliphatic carbocycles. The van der Waals surface area contributed by atoms with Gasteiger partial charge in [-0.25, -0.2) is 4.39 Å². The van der Waals surface area contributed by atoms with Crippen molar-refractivity contribution in [3.8, 4) is 11.1 Å². The zero-order valence-electron chi connectivity index (χ0n) is 20.5. The van der Waals surface area contributed by atoms with Gasteiger partial charge in [-0.05, 0) is 64.5 Å². The molecule has 0 radical (unpaired) electrons. The Kier molecular flexibility index (Phi) is 7.95. The van der Waals surface area contributed by atoms with Crippen LogP contribution in [0.1, 0.15) is 59.2 Å². The minimum Gasteiger partial charge on any atom is -0.460 e. The quantitative estimate of drug-likeness (QED) is 0.406. The molecule has 5 nitrogen and oxygen atoms in total. The van der Waals surface area contributed by atoms with Crippen LogP contribution in [0.2, 0.25) is 0 Å². The molecular weight excluding hydrogens is 433 g/mol. The summed E-state index contributed by atoms with van der Waals surface area (Å²) in [5.41, 5.74) is 3.11. The summed E-state index contributed by atoms with van der Waals surface area (Å²) < 4.78 is 21.0. The van der Waals surface area contributed by atoms with E-state index < -0.39 is 23.8 Å². The molecule has 0 spiro atoms. The van der Waals surface area contributed by atoms with Crippen LogP contribution in [-0.2, 0) is 9.53 Å². The topological polar surface area (TPSA) is 71.7 Å². The fourth-order valence-electron chi connectivity index (χ4n) is 4.14. The number of halogens is 1. The maximum atomic E-state index is 13.6. The Labute approximate surface area is 200 Å². The lowest BCUT2D eigenvalue weighted by atomic mass is 10.0. The van der Waals surface area contributed by atoms with Gasteiger partial charge in [0.05, 0.1) is 18.6 Å². The number of aliphatic hydroxyl groups excluding tert-OH is 2. The molecule has 1 heterocycles. The first-order valence-corrected chi connectivity index (χ1v) is 11.6. The third kappa shape index (κ3) is 6.33. The van der Waals surface area contributed by atoms with Crippen molar-refractivity contribution in [1.29, 1.82) is 0 Å². The first-order valence-electron chi connectivity index (χ1n) is 11.6. The fraction of sp³-hybridized carbons (Fsp3) is 0.393. The Morgan fingerprint density at radius 3 is 2.35 bits per heavy atom. The summed E-state index contributed by atoms with van der Waals surface area (Å²) >= 11 is 0. The first kappa shape index (κ1) is 25.7. The van der Waals surface area contributed by atoms with Gasteiger partial charge in [0.1, 0.15) is 11.4 Å². The number of benzene rings is 2. The van der Waals surface area contributed by atoms with Crippen LogP contribution < -0.4 is 0 Å². The highest BCUT2D eigenvalue weighted by molar-refractivity contribution is 6.01. The number of rotatable bonds is 8. The van der Waals surface area contributed by atoms with E-state index in [-0.39, 0.29) is 24.7 Å². The Morgan fingerprint density at radius 2 is 1.74 bits per heavy atom. The number of aliphatic hydroxyl groups is 2. The zero-order valence-corrected chi connectivity index (χ0v) is 20.5. The first-order chi connectivity index (χ1) is 16.0. The molecule has 0 aliphatic rings. The van der Waals surface area contributed by atoms with Crippen molar-refractivity contribution in [3.05, 3.63) is 66.1 Å². The minimum absolute atomic E-state index is 0.00350. The van der Waals surface area contributed by atoms with Gasteiger partial charge in [0, 0.05) is 34.6 Å². The number of aromatic nitrogens is 1. The van der Waals surface area contributed by atoms with Crippen molar-refractivity contribution < 1.29 is 24.1 Å². The molecule has 3 aromatic rings. The summed E-state index contributed by atoms with van der Waals surface area (Å²) in [4.78, 5) is 12.0. The Morgan fingerprint density at radius 1 is 1.09 bits per heavy atom. The lowest BCUT2D eigenvalue weighted by Gasteiger charge is -2.21. The summed E-state index contributed by atoms with van der Waals surface area (Å²) in [5, 5.41) is 21.9. The third-order valence-electron chi connectivity index (χ3n) is 5.41. The molecule has 0 amide bonds. The molecule has 0 unspecified atom stereocenters. The number of para-hydroxylation sites is 1. The van der Waals surface area contributed by atoms with Crippen LogP contribution in [0.5, 0.6) is 0 Å². The van der Waals surface area contributed by atoms with Gasteiger partial charge in [0.25, 0.3) is 0 Å². The van der Waals surface area contributed by atoms with Gasteiger partial charge in [-0.1, -0.05) is 36.4 Å². The van der Waals surface area contributed by atoms with Crippen LogP contribution in [0.4, 0.5) is 4.39 Å². The average molecular weight is 468 g/mol. The molecule has 2 N–H and O–H groups in total. The Hall–Kier alpha value is -2.96. The summed E-state index contributed by atoms with van der Waals surface area (Å²) in [6, 6.07) is 14.5. The fourth-order valence-corrected chi connectivity index (χ4v) is 4.14. The van der Waals surface area contributed by atoms with E-state index in [2.05, 4.69) is 18.4 Å². The van der Waals surface area contributed by atoms with Crippen LogP contribution in [0.25, 0.3) is 28.1 Å². The Balaban J connectivity index is 1.91. The van der Waals surface area contributed by atoms with Crippen LogP contribution in [0.15, 0.2) is 54.6 Å². The van der Waals surface area contributed by atoms with E-state index in [1.54, 1.807) is 39.0 Å². The van der Waals surface area contributed by atoms with Crippen molar-refractivity contribution in [2.45, 2.75) is 71.3 Å². The molecule has 0 aliphatic heterocycles. The summed E-state index contributed by atoms with van der Waals surface area (Å²) in [6.45, 7) is 9.46. The molecule has 34 heavy (non-hydrogen) atoms. The second kappa shape index (κ2) is 10.5. The minimum atomic E-state index is -1.03. The van der Waals surface area contributed by atoms with Crippen molar-refractivity contribution in [2.24, 2.45) is 0 Å². The summed E-state index contributed by atoms with van der Waals surface area (Å²) in [6.07, 6.45) is 1.29. The maximum Gasteiger partial charge on any atom is 0.308 e. The molecule has 0 bridgehead atoms. The lowest BCUT2D eigenvalue weighted by Crippen LogP contribution is -2.27. The van der Waals surface area contributed by atoms with Gasteiger partial charge in [0.15, 0.2) is 0 Å². The van der Waals surface area contributed by atoms with E-state index in [0.29, 0.717) is 0 Å². The molecule has 0 saturated carbocycles. The molecule has 3 rings (SSSR count). The molecule has 2 aromatic carbocycles. The number of hydrogen-bond donors (Lipinski definition) is 2. The van der Waals surface area contributed by atoms with E-state index in [0.717, 1.165) is 27.7 Å². The molecular formula is C28H34FNO4. The van der Waals surface area contributed by atoms with Crippen molar-refractivity contribution in [3.63, 3.8) is 0 Å². The van der Waals surface area contributed by atoms with Crippen LogP contribution >= 0.6 is 0 Å². The van der Waals surface area contributed by atoms with Gasteiger partial charge in [-0.2, -0.15) is 0 Å². The number of carbonyl (C=O) groups is 1. The molecule has 1 aromatic heterocycles. The Bertz CT molecular complexity index is 1160. The second-order valence-corrected chi connectivity index (χ2v) is 9.85. The lowest BCUT2D eigenvalue weighted by molar-refractivity contribution is -0.157. The third-order valence-corrected chi connectivity index (χ3v) is 5.41. The molecule has 2 atom stereocenters. The molecule has 0 fully saturated rings. The van der Waals surface area contributed by atoms with Gasteiger partial charge in [0.2, 0.25) is 0 Å². The van der Waals surface area contributed by atoms with Gasteiger partial charge < -0.3 is 19.5 Å². The highest BCUT2D eigenvalue weighted by Gasteiger charge is 2.22. The van der Waals surface area contributed by atoms with Gasteiger partial charge in [-0.15, -0.1) is 0 Å². The van der Waals surface area contributed by atoms with E-state index in [1.807, 2.05) is 30.3 Å². The van der Waals surface area contributed by atoms with E-state index in [4.69, 9.17) is 4.74 Å². The van der Waals surface area contributed by atoms with Crippen molar-refractivity contribution in [1.82, 2.24) is 4.57 Å². The van der Waals surface area contributed by atoms with Crippen LogP contribution in [-0.4, -0.2) is 38.6 Å². The SMILES string of the molecule is CC(C)n1c(C=C[C@@H](O)C[C@@H](O)CC(=O)OC(C)(C)C)c(-c2ccc(F)cc2)c2ccccc21. The molecule has 0 saturated heterocycles. The standard InChI is InChI=1S/C28H34FNO4/c1-18(2)30-24-9-7-6-8-23(24)27(19-10-12-20(29)13-11-19)25(30)15-14-21(31)16-22(32)17-26(33)34-28(3,4)5/h6-15,18,21-22,31-32H,16-17H2,1-5H3/t21-,22-/m1/s1. The summed E-state index contributed by atoms with van der Waals surface area (Å²) in [5.74, 6) is -0.808. The molecule has 6 heteroatoms. The van der Waals surface area contributed by atoms with E-state index in [1.165, 1.54) is 12.1 Å². The monoisotopic (exact) mass is 467 g/mol. The van der Waals surface area contributed by atoms with Crippen LogP contribution in [0, 0.1) is 5.82 Å². The average Bonchev–Trinajstić information content (AvgIpc) is 3.05. The van der Waals surface area contributed by atoms with E-state index in [9.17, 15) is 19.4 Å². The summed E-state index contributed by atoms with van der Waals surface area (Å²) in [7, 11) is 0. The largest absolute Gasteiger partial charge is 0.460 e. The highest BCUT2D eigenvalue weighted by atomic mass is 19.1. The normalized spacial score (nSPS) is 14.1. The number of ether oxygens (including phenoxy) is 1. The highest BCUT2D eigenvalue weighted by Crippen LogP contribution is 2.38. The number of nitrogens with zero attached hydrogens (tertiary/aromatic N) is 1. The van der Waals surface area contributed by atoms with E-state index >= 15 is 0 Å². The van der Waals surface area contributed by atoms with Gasteiger partial charge in [-0.3, -0.25) is 4.79 Å². The predicted molar refractivity (Wildman–Crippen MR) is 134 cm³/mol. The van der Waals surface area contributed by atoms with Crippen molar-refractivity contribution in [2.75, 3.05) is 0 Å². The number of esters is 1. The number of fused-ring (bicyclic) bond motifs is 1. The van der Waals surface area contributed by atoms with Gasteiger partial charge >= 0.3 is 5.97 Å². The smallest absolute Gasteiger partial charge is 0.308 e. The van der Waals surface area contributed by atoms with Crippen LogP contribution in [0.3, 0.4) is 0 Å². The number of hydrogen-bond acceptors (Lipinski definition) is 4. The zero-order chi connectivity index (χ0) is 25.0. The molecule has 182 valence electrons.